The summed E-state index contributed by atoms with van der Waals surface area (Å²) in [4.78, 5) is 12.6. The first-order chi connectivity index (χ1) is 12.0. The van der Waals surface area contributed by atoms with Crippen molar-refractivity contribution in [2.24, 2.45) is 0 Å². The summed E-state index contributed by atoms with van der Waals surface area (Å²) in [5, 5.41) is 12.8. The largest absolute Gasteiger partial charge is 0.391 e. The summed E-state index contributed by atoms with van der Waals surface area (Å²) >= 11 is 0. The Hall–Kier alpha value is -1.44. The molecule has 7 heteroatoms. The Labute approximate surface area is 149 Å². The Morgan fingerprint density at radius 3 is 2.52 bits per heavy atom. The number of carbonyl (C=O) groups excluding carboxylic acids is 1. The van der Waals surface area contributed by atoms with Crippen molar-refractivity contribution in [2.45, 2.75) is 62.0 Å². The van der Waals surface area contributed by atoms with E-state index < -0.39 is 16.1 Å². The molecule has 1 aromatic rings. The Bertz CT molecular complexity index is 714. The van der Waals surface area contributed by atoms with Gasteiger partial charge in [0.1, 0.15) is 0 Å². The highest BCUT2D eigenvalue weighted by molar-refractivity contribution is 7.89. The van der Waals surface area contributed by atoms with E-state index in [1.807, 2.05) is 0 Å². The van der Waals surface area contributed by atoms with E-state index >= 15 is 0 Å². The highest BCUT2D eigenvalue weighted by Crippen LogP contribution is 2.22. The van der Waals surface area contributed by atoms with Gasteiger partial charge in [0.25, 0.3) is 5.91 Å². The molecule has 0 aromatic heterocycles. The van der Waals surface area contributed by atoms with E-state index in [-0.39, 0.29) is 16.8 Å². The molecule has 1 amide bonds. The molecule has 0 radical (unpaired) electrons. The third-order valence-corrected chi connectivity index (χ3v) is 6.99. The zero-order chi connectivity index (χ0) is 17.9. The van der Waals surface area contributed by atoms with E-state index in [2.05, 4.69) is 5.32 Å². The summed E-state index contributed by atoms with van der Waals surface area (Å²) in [6.07, 6.45) is 5.66. The zero-order valence-corrected chi connectivity index (χ0v) is 15.2. The van der Waals surface area contributed by atoms with Crippen molar-refractivity contribution in [1.29, 1.82) is 0 Å². The monoisotopic (exact) mass is 366 g/mol. The number of aliphatic hydroxyl groups is 1. The van der Waals surface area contributed by atoms with Crippen LogP contribution in [-0.2, 0) is 10.0 Å². The number of sulfonamides is 1. The molecule has 2 N–H and O–H groups in total. The van der Waals surface area contributed by atoms with Gasteiger partial charge in [0.05, 0.1) is 17.0 Å². The second-order valence-electron chi connectivity index (χ2n) is 6.92. The summed E-state index contributed by atoms with van der Waals surface area (Å²) in [6.45, 7) is 1.07. The second-order valence-corrected chi connectivity index (χ2v) is 8.86. The van der Waals surface area contributed by atoms with Crippen LogP contribution in [0.1, 0.15) is 55.3 Å². The SMILES string of the molecule is O=C(N[C@H]1CCCC[C@@H]1O)c1cccc(S(=O)(=O)N2CCCCC2)c1. The van der Waals surface area contributed by atoms with Gasteiger partial charge in [0.2, 0.25) is 10.0 Å². The molecule has 1 saturated heterocycles. The molecule has 1 heterocycles. The lowest BCUT2D eigenvalue weighted by Crippen LogP contribution is -2.45. The Kier molecular flexibility index (Phi) is 5.76. The number of benzene rings is 1. The lowest BCUT2D eigenvalue weighted by Gasteiger charge is -2.28. The summed E-state index contributed by atoms with van der Waals surface area (Å²) in [6, 6.07) is 5.93. The molecule has 1 aliphatic carbocycles. The van der Waals surface area contributed by atoms with Crippen LogP contribution in [0, 0.1) is 0 Å². The number of nitrogens with zero attached hydrogens (tertiary/aromatic N) is 1. The predicted molar refractivity (Wildman–Crippen MR) is 94.8 cm³/mol. The average molecular weight is 366 g/mol. The first-order valence-corrected chi connectivity index (χ1v) is 10.5. The molecule has 1 aromatic carbocycles. The van der Waals surface area contributed by atoms with E-state index in [0.29, 0.717) is 25.1 Å². The molecule has 2 atom stereocenters. The molecule has 0 bridgehead atoms. The molecule has 0 unspecified atom stereocenters. The minimum Gasteiger partial charge on any atom is -0.391 e. The quantitative estimate of drug-likeness (QED) is 0.852. The molecule has 3 rings (SSSR count). The van der Waals surface area contributed by atoms with Crippen LogP contribution in [0.25, 0.3) is 0 Å². The normalized spacial score (nSPS) is 25.5. The molecule has 0 spiro atoms. The average Bonchev–Trinajstić information content (AvgIpc) is 2.64. The molecule has 6 nitrogen and oxygen atoms in total. The molecule has 2 aliphatic rings. The van der Waals surface area contributed by atoms with Gasteiger partial charge in [-0.1, -0.05) is 25.3 Å². The van der Waals surface area contributed by atoms with Crippen molar-refractivity contribution in [3.05, 3.63) is 29.8 Å². The minimum atomic E-state index is -3.56. The number of hydrogen-bond donors (Lipinski definition) is 2. The van der Waals surface area contributed by atoms with Gasteiger partial charge in [-0.3, -0.25) is 4.79 Å². The van der Waals surface area contributed by atoms with Crippen molar-refractivity contribution in [3.8, 4) is 0 Å². The number of carbonyl (C=O) groups is 1. The number of amides is 1. The van der Waals surface area contributed by atoms with Gasteiger partial charge in [-0.2, -0.15) is 4.31 Å². The van der Waals surface area contributed by atoms with Crippen LogP contribution in [0.2, 0.25) is 0 Å². The van der Waals surface area contributed by atoms with E-state index in [4.69, 9.17) is 0 Å². The zero-order valence-electron chi connectivity index (χ0n) is 14.4. The maximum absolute atomic E-state index is 12.8. The van der Waals surface area contributed by atoms with E-state index in [1.54, 1.807) is 12.1 Å². The first kappa shape index (κ1) is 18.4. The van der Waals surface area contributed by atoms with Crippen molar-refractivity contribution < 1.29 is 18.3 Å². The number of hydrogen-bond acceptors (Lipinski definition) is 4. The van der Waals surface area contributed by atoms with E-state index in [1.165, 1.54) is 16.4 Å². The topological polar surface area (TPSA) is 86.7 Å². The molecular formula is C18H26N2O4S. The van der Waals surface area contributed by atoms with Crippen LogP contribution < -0.4 is 5.32 Å². The van der Waals surface area contributed by atoms with Crippen molar-refractivity contribution >= 4 is 15.9 Å². The van der Waals surface area contributed by atoms with Gasteiger partial charge in [0.15, 0.2) is 0 Å². The number of aliphatic hydroxyl groups excluding tert-OH is 1. The fourth-order valence-corrected chi connectivity index (χ4v) is 5.15. The smallest absolute Gasteiger partial charge is 0.251 e. The van der Waals surface area contributed by atoms with E-state index in [9.17, 15) is 18.3 Å². The maximum Gasteiger partial charge on any atom is 0.251 e. The highest BCUT2D eigenvalue weighted by Gasteiger charge is 2.28. The lowest BCUT2D eigenvalue weighted by molar-refractivity contribution is 0.0717. The summed E-state index contributed by atoms with van der Waals surface area (Å²) in [7, 11) is -3.56. The first-order valence-electron chi connectivity index (χ1n) is 9.07. The minimum absolute atomic E-state index is 0.159. The van der Waals surface area contributed by atoms with Gasteiger partial charge in [-0.05, 0) is 43.9 Å². The molecule has 1 saturated carbocycles. The standard InChI is InChI=1S/C18H26N2O4S/c21-17-10-3-2-9-16(17)19-18(22)14-7-6-8-15(13-14)25(23,24)20-11-4-1-5-12-20/h6-8,13,16-17,21H,1-5,9-12H2,(H,19,22)/t16-,17-/m0/s1. The Balaban J connectivity index is 1.75. The number of piperidine rings is 1. The summed E-state index contributed by atoms with van der Waals surface area (Å²) in [5.74, 6) is -0.332. The fourth-order valence-electron chi connectivity index (χ4n) is 3.58. The van der Waals surface area contributed by atoms with Crippen LogP contribution >= 0.6 is 0 Å². The fraction of sp³-hybridized carbons (Fsp3) is 0.611. The Morgan fingerprint density at radius 1 is 1.08 bits per heavy atom. The molecular weight excluding hydrogens is 340 g/mol. The summed E-state index contributed by atoms with van der Waals surface area (Å²) < 4.78 is 27.0. The van der Waals surface area contributed by atoms with Crippen molar-refractivity contribution in [3.63, 3.8) is 0 Å². The molecule has 2 fully saturated rings. The molecule has 138 valence electrons. The number of nitrogens with one attached hydrogen (secondary N) is 1. The summed E-state index contributed by atoms with van der Waals surface area (Å²) in [5.41, 5.74) is 0.316. The van der Waals surface area contributed by atoms with Gasteiger partial charge in [-0.25, -0.2) is 8.42 Å². The second kappa shape index (κ2) is 7.85. The van der Waals surface area contributed by atoms with Crippen molar-refractivity contribution in [2.75, 3.05) is 13.1 Å². The lowest BCUT2D eigenvalue weighted by atomic mass is 9.92. The Morgan fingerprint density at radius 2 is 1.80 bits per heavy atom. The van der Waals surface area contributed by atoms with Crippen LogP contribution in [0.4, 0.5) is 0 Å². The van der Waals surface area contributed by atoms with E-state index in [0.717, 1.165) is 38.5 Å². The third-order valence-electron chi connectivity index (χ3n) is 5.10. The van der Waals surface area contributed by atoms with Crippen LogP contribution in [-0.4, -0.2) is 49.0 Å². The van der Waals surface area contributed by atoms with Crippen molar-refractivity contribution in [1.82, 2.24) is 9.62 Å². The third kappa shape index (κ3) is 4.22. The van der Waals surface area contributed by atoms with Gasteiger partial charge in [0, 0.05) is 18.7 Å². The predicted octanol–water partition coefficient (Wildman–Crippen LogP) is 1.89. The maximum atomic E-state index is 12.8. The van der Waals surface area contributed by atoms with Crippen LogP contribution in [0.3, 0.4) is 0 Å². The number of rotatable bonds is 4. The van der Waals surface area contributed by atoms with Gasteiger partial charge >= 0.3 is 0 Å². The van der Waals surface area contributed by atoms with Crippen LogP contribution in [0.15, 0.2) is 29.2 Å². The van der Waals surface area contributed by atoms with Gasteiger partial charge in [-0.15, -0.1) is 0 Å². The molecule has 1 aliphatic heterocycles. The molecule has 25 heavy (non-hydrogen) atoms. The highest BCUT2D eigenvalue weighted by atomic mass is 32.2. The van der Waals surface area contributed by atoms with Crippen LogP contribution in [0.5, 0.6) is 0 Å². The van der Waals surface area contributed by atoms with Gasteiger partial charge < -0.3 is 10.4 Å².